The molecule has 2 atom stereocenters. The number of esters is 2. The van der Waals surface area contributed by atoms with E-state index in [2.05, 4.69) is 50.3 Å². The van der Waals surface area contributed by atoms with Crippen LogP contribution in [0.3, 0.4) is 0 Å². The average Bonchev–Trinajstić information content (AvgIpc) is 3.38. The predicted molar refractivity (Wildman–Crippen MR) is 318 cm³/mol. The van der Waals surface area contributed by atoms with Crippen LogP contribution in [0.1, 0.15) is 309 Å². The Hall–Kier alpha value is -2.49. The van der Waals surface area contributed by atoms with Gasteiger partial charge in [0.2, 0.25) is 0 Å². The second-order valence-corrected chi connectivity index (χ2v) is 23.1. The van der Waals surface area contributed by atoms with Crippen molar-refractivity contribution < 1.29 is 42.9 Å². The van der Waals surface area contributed by atoms with Gasteiger partial charge < -0.3 is 28.5 Å². The number of carbonyl (C=O) groups excluding carboxylic acids is 2. The van der Waals surface area contributed by atoms with Gasteiger partial charge in [0.15, 0.2) is 6.10 Å². The summed E-state index contributed by atoms with van der Waals surface area (Å²) in [5.74, 6) is -1.99. The fourth-order valence-corrected chi connectivity index (χ4v) is 9.39. The number of carboxylic acids is 1. The molecule has 0 spiro atoms. The molecule has 75 heavy (non-hydrogen) atoms. The minimum absolute atomic E-state index is 0.180. The lowest BCUT2D eigenvalue weighted by Crippen LogP contribution is -2.40. The largest absolute Gasteiger partial charge is 0.477 e. The van der Waals surface area contributed by atoms with Crippen molar-refractivity contribution in [2.45, 2.75) is 322 Å². The third-order valence-electron chi connectivity index (χ3n) is 14.4. The third-order valence-corrected chi connectivity index (χ3v) is 14.4. The number of carbonyl (C=O) groups is 3. The van der Waals surface area contributed by atoms with Gasteiger partial charge in [0, 0.05) is 12.8 Å². The number of carboxylic acid groups (broad SMARTS) is 1. The first-order chi connectivity index (χ1) is 36.6. The summed E-state index contributed by atoms with van der Waals surface area (Å²) in [6.07, 6.45) is 68.1. The molecule has 0 bridgehead atoms. The van der Waals surface area contributed by atoms with Crippen molar-refractivity contribution in [1.82, 2.24) is 0 Å². The first kappa shape index (κ1) is 72.5. The molecule has 0 aromatic carbocycles. The molecule has 0 heterocycles. The van der Waals surface area contributed by atoms with Crippen LogP contribution in [0.2, 0.25) is 0 Å². The highest BCUT2D eigenvalue weighted by molar-refractivity contribution is 5.71. The Morgan fingerprint density at radius 2 is 0.720 bits per heavy atom. The SMILES string of the molecule is CCCCCCC/C=C\C/C=C\CCCCCCCCCCCC(=O)OC(COC(=O)CCCCCCCCCCCCCCCCCCC/C=C\CCCCCCCCCC)COC(OCC[N+](C)(C)C)C(=O)O. The number of likely N-dealkylation sites (N-methyl/N-ethyl adjacent to an activating group) is 1. The van der Waals surface area contributed by atoms with Gasteiger partial charge in [-0.15, -0.1) is 0 Å². The zero-order chi connectivity index (χ0) is 54.8. The highest BCUT2D eigenvalue weighted by Gasteiger charge is 2.25. The second kappa shape index (κ2) is 57.7. The van der Waals surface area contributed by atoms with E-state index in [0.717, 1.165) is 51.4 Å². The van der Waals surface area contributed by atoms with Crippen molar-refractivity contribution >= 4 is 17.9 Å². The third kappa shape index (κ3) is 59.0. The van der Waals surface area contributed by atoms with E-state index in [1.54, 1.807) is 0 Å². The Kier molecular flexibility index (Phi) is 55.8. The first-order valence-electron chi connectivity index (χ1n) is 32.2. The highest BCUT2D eigenvalue weighted by Crippen LogP contribution is 2.17. The fraction of sp³-hybridized carbons (Fsp3) is 0.864. The van der Waals surface area contributed by atoms with Gasteiger partial charge in [-0.2, -0.15) is 0 Å². The molecule has 0 saturated heterocycles. The molecule has 0 fully saturated rings. The summed E-state index contributed by atoms with van der Waals surface area (Å²) >= 11 is 0. The minimum atomic E-state index is -1.51. The van der Waals surface area contributed by atoms with E-state index in [4.69, 9.17) is 18.9 Å². The molecule has 0 rings (SSSR count). The molecule has 0 aromatic rings. The van der Waals surface area contributed by atoms with Crippen LogP contribution in [-0.4, -0.2) is 87.4 Å². The van der Waals surface area contributed by atoms with Gasteiger partial charge in [0.25, 0.3) is 6.29 Å². The number of hydrogen-bond acceptors (Lipinski definition) is 7. The van der Waals surface area contributed by atoms with Crippen LogP contribution in [0.4, 0.5) is 0 Å². The molecular weight excluding hydrogens is 935 g/mol. The smallest absolute Gasteiger partial charge is 0.361 e. The van der Waals surface area contributed by atoms with Crippen molar-refractivity contribution in [2.75, 3.05) is 47.5 Å². The molecule has 2 unspecified atom stereocenters. The van der Waals surface area contributed by atoms with E-state index in [9.17, 15) is 19.5 Å². The van der Waals surface area contributed by atoms with Gasteiger partial charge in [0.1, 0.15) is 13.2 Å². The maximum Gasteiger partial charge on any atom is 0.361 e. The van der Waals surface area contributed by atoms with Gasteiger partial charge >= 0.3 is 17.9 Å². The molecule has 9 heteroatoms. The van der Waals surface area contributed by atoms with Crippen molar-refractivity contribution in [2.24, 2.45) is 0 Å². The van der Waals surface area contributed by atoms with E-state index in [-0.39, 0.29) is 32.2 Å². The Bertz CT molecular complexity index is 1320. The van der Waals surface area contributed by atoms with Crippen LogP contribution in [0.5, 0.6) is 0 Å². The molecule has 0 radical (unpaired) electrons. The van der Waals surface area contributed by atoms with Crippen molar-refractivity contribution in [3.63, 3.8) is 0 Å². The van der Waals surface area contributed by atoms with Crippen molar-refractivity contribution in [1.29, 1.82) is 0 Å². The van der Waals surface area contributed by atoms with E-state index in [0.29, 0.717) is 17.4 Å². The number of aliphatic carboxylic acids is 1. The Labute approximate surface area is 464 Å². The van der Waals surface area contributed by atoms with Gasteiger partial charge in [-0.1, -0.05) is 262 Å². The molecule has 0 aromatic heterocycles. The Morgan fingerprint density at radius 3 is 1.07 bits per heavy atom. The summed E-state index contributed by atoms with van der Waals surface area (Å²) in [5.41, 5.74) is 0. The van der Waals surface area contributed by atoms with E-state index in [1.165, 1.54) is 231 Å². The summed E-state index contributed by atoms with van der Waals surface area (Å²) in [4.78, 5) is 37.5. The quantitative estimate of drug-likeness (QED) is 0.0211. The molecule has 0 aliphatic rings. The molecular formula is C66H124NO8+. The minimum Gasteiger partial charge on any atom is -0.477 e. The second-order valence-electron chi connectivity index (χ2n) is 23.1. The topological polar surface area (TPSA) is 108 Å². The molecule has 0 aliphatic heterocycles. The van der Waals surface area contributed by atoms with Crippen LogP contribution in [-0.2, 0) is 33.3 Å². The molecule has 0 saturated carbocycles. The monoisotopic (exact) mass is 1060 g/mol. The number of rotatable bonds is 60. The summed E-state index contributed by atoms with van der Waals surface area (Å²) in [5, 5.41) is 9.72. The normalized spacial score (nSPS) is 12.9. The zero-order valence-electron chi connectivity index (χ0n) is 50.2. The molecule has 440 valence electrons. The lowest BCUT2D eigenvalue weighted by molar-refractivity contribution is -0.870. The van der Waals surface area contributed by atoms with Crippen LogP contribution < -0.4 is 0 Å². The summed E-state index contributed by atoms with van der Waals surface area (Å²) in [6, 6.07) is 0. The van der Waals surface area contributed by atoms with E-state index >= 15 is 0 Å². The maximum absolute atomic E-state index is 12.9. The Balaban J connectivity index is 4.12. The molecule has 0 amide bonds. The summed E-state index contributed by atoms with van der Waals surface area (Å²) in [6.45, 7) is 4.91. The standard InChI is InChI=1S/C66H123NO8/c1-6-8-10-12-14-16-18-20-22-24-26-28-29-30-31-32-33-34-35-37-38-40-42-44-46-48-50-52-54-56-63(68)73-60-62(61-74-66(65(70)71)72-59-58-67(3,4)5)75-64(69)57-55-53-51-49-47-45-43-41-39-36-27-25-23-21-19-17-15-13-11-9-7-2/h19,21,24-27,62,66H,6-18,20,22-23,28-61H2,1-5H3/p+1/b21-19-,26-24-,27-25-. The number of allylic oxidation sites excluding steroid dienone is 6. The summed E-state index contributed by atoms with van der Waals surface area (Å²) < 4.78 is 22.9. The average molecular weight is 1060 g/mol. The molecule has 1 N–H and O–H groups in total. The fourth-order valence-electron chi connectivity index (χ4n) is 9.39. The lowest BCUT2D eigenvalue weighted by atomic mass is 10.0. The highest BCUT2D eigenvalue weighted by atomic mass is 16.7. The summed E-state index contributed by atoms with van der Waals surface area (Å²) in [7, 11) is 5.98. The maximum atomic E-state index is 12.9. The number of quaternary nitrogens is 1. The van der Waals surface area contributed by atoms with Gasteiger partial charge in [-0.3, -0.25) is 9.59 Å². The lowest BCUT2D eigenvalue weighted by Gasteiger charge is -2.25. The van der Waals surface area contributed by atoms with Crippen molar-refractivity contribution in [3.05, 3.63) is 36.5 Å². The zero-order valence-corrected chi connectivity index (χ0v) is 50.2. The predicted octanol–water partition coefficient (Wildman–Crippen LogP) is 19.2. The Morgan fingerprint density at radius 1 is 0.400 bits per heavy atom. The van der Waals surface area contributed by atoms with Gasteiger partial charge in [-0.25, -0.2) is 4.79 Å². The van der Waals surface area contributed by atoms with Crippen LogP contribution >= 0.6 is 0 Å². The van der Waals surface area contributed by atoms with Crippen LogP contribution in [0.25, 0.3) is 0 Å². The number of ether oxygens (including phenoxy) is 4. The number of hydrogen-bond donors (Lipinski definition) is 1. The molecule has 0 aliphatic carbocycles. The van der Waals surface area contributed by atoms with Gasteiger partial charge in [-0.05, 0) is 70.6 Å². The number of unbranched alkanes of at least 4 members (excludes halogenated alkanes) is 39. The van der Waals surface area contributed by atoms with Crippen LogP contribution in [0, 0.1) is 0 Å². The van der Waals surface area contributed by atoms with Crippen LogP contribution in [0.15, 0.2) is 36.5 Å². The van der Waals surface area contributed by atoms with E-state index in [1.807, 2.05) is 21.1 Å². The van der Waals surface area contributed by atoms with Gasteiger partial charge in [0.05, 0.1) is 34.4 Å². The number of nitrogens with zero attached hydrogens (tertiary/aromatic N) is 1. The van der Waals surface area contributed by atoms with E-state index < -0.39 is 24.3 Å². The first-order valence-corrected chi connectivity index (χ1v) is 32.2. The van der Waals surface area contributed by atoms with Crippen molar-refractivity contribution in [3.8, 4) is 0 Å². The molecule has 9 nitrogen and oxygen atoms in total.